The maximum atomic E-state index is 13.1. The van der Waals surface area contributed by atoms with E-state index in [1.54, 1.807) is 49.5 Å². The van der Waals surface area contributed by atoms with Crippen molar-refractivity contribution in [3.8, 4) is 11.5 Å². The molecular weight excluding hydrogens is 481 g/mol. The van der Waals surface area contributed by atoms with Gasteiger partial charge in [-0.2, -0.15) is 13.2 Å². The first kappa shape index (κ1) is 24.3. The predicted molar refractivity (Wildman–Crippen MR) is 129 cm³/mol. The van der Waals surface area contributed by atoms with Crippen LogP contribution in [0.5, 0.6) is 11.5 Å². The maximum absolute atomic E-state index is 13.1. The van der Waals surface area contributed by atoms with E-state index < -0.39 is 22.7 Å². The Hall–Kier alpha value is -3.85. The van der Waals surface area contributed by atoms with Crippen LogP contribution in [0.2, 0.25) is 5.02 Å². The highest BCUT2D eigenvalue weighted by Gasteiger charge is 2.33. The zero-order valence-electron chi connectivity index (χ0n) is 18.5. The Morgan fingerprint density at radius 3 is 2.69 bits per heavy atom. The fourth-order valence-electron chi connectivity index (χ4n) is 3.39. The predicted octanol–water partition coefficient (Wildman–Crippen LogP) is 5.94. The molecule has 0 bridgehead atoms. The fraction of sp³-hybridized carbons (Fsp3) is 0.160. The number of anilines is 1. The van der Waals surface area contributed by atoms with Gasteiger partial charge in [-0.25, -0.2) is 0 Å². The third-order valence-corrected chi connectivity index (χ3v) is 5.39. The molecule has 0 aliphatic carbocycles. The van der Waals surface area contributed by atoms with Crippen molar-refractivity contribution < 1.29 is 22.7 Å². The highest BCUT2D eigenvalue weighted by molar-refractivity contribution is 6.31. The second kappa shape index (κ2) is 10.2. The third kappa shape index (κ3) is 6.19. The molecule has 1 aliphatic heterocycles. The van der Waals surface area contributed by atoms with Gasteiger partial charge in [-0.3, -0.25) is 14.8 Å². The van der Waals surface area contributed by atoms with Crippen molar-refractivity contribution >= 4 is 34.6 Å². The number of hydrogen-bond acceptors (Lipinski definition) is 5. The van der Waals surface area contributed by atoms with Gasteiger partial charge in [0.25, 0.3) is 0 Å². The number of pyridine rings is 1. The molecule has 1 aromatic heterocycles. The number of carbonyl (C=O) groups excluding carboxylic acids is 1. The van der Waals surface area contributed by atoms with Crippen molar-refractivity contribution in [2.75, 3.05) is 18.4 Å². The summed E-state index contributed by atoms with van der Waals surface area (Å²) >= 11 is 5.63. The molecule has 4 rings (SSSR count). The number of carbonyl (C=O) groups is 1. The summed E-state index contributed by atoms with van der Waals surface area (Å²) in [4.78, 5) is 21.1. The number of hydrogen-bond donors (Lipinski definition) is 2. The Morgan fingerprint density at radius 2 is 1.94 bits per heavy atom. The Kier molecular flexibility index (Phi) is 7.07. The van der Waals surface area contributed by atoms with Crippen molar-refractivity contribution in [1.82, 2.24) is 10.3 Å². The van der Waals surface area contributed by atoms with Gasteiger partial charge in [-0.1, -0.05) is 23.7 Å². The number of amides is 1. The Balaban J connectivity index is 1.47. The van der Waals surface area contributed by atoms with Crippen LogP contribution >= 0.6 is 11.6 Å². The van der Waals surface area contributed by atoms with E-state index in [1.165, 1.54) is 12.1 Å². The quantitative estimate of drug-likeness (QED) is 0.411. The molecule has 2 heterocycles. The second-order valence-corrected chi connectivity index (χ2v) is 8.08. The van der Waals surface area contributed by atoms with Crippen LogP contribution in [0.1, 0.15) is 23.7 Å². The van der Waals surface area contributed by atoms with E-state index in [-0.39, 0.29) is 5.69 Å². The maximum Gasteiger partial charge on any atom is 0.417 e. The third-order valence-electron chi connectivity index (χ3n) is 5.06. The monoisotopic (exact) mass is 500 g/mol. The molecule has 0 saturated carbocycles. The van der Waals surface area contributed by atoms with E-state index >= 15 is 0 Å². The number of aromatic nitrogens is 1. The summed E-state index contributed by atoms with van der Waals surface area (Å²) < 4.78 is 45.1. The summed E-state index contributed by atoms with van der Waals surface area (Å²) in [5.41, 5.74) is 0.957. The Morgan fingerprint density at radius 1 is 1.14 bits per heavy atom. The number of amidine groups is 1. The average Bonchev–Trinajstić information content (AvgIpc) is 3.35. The number of nitrogens with one attached hydrogen (secondary N) is 2. The highest BCUT2D eigenvalue weighted by Crippen LogP contribution is 2.36. The summed E-state index contributed by atoms with van der Waals surface area (Å²) in [7, 11) is 0. The van der Waals surface area contributed by atoms with E-state index in [0.717, 1.165) is 24.5 Å². The van der Waals surface area contributed by atoms with Gasteiger partial charge >= 0.3 is 6.18 Å². The van der Waals surface area contributed by atoms with Gasteiger partial charge in [-0.15, -0.1) is 0 Å². The van der Waals surface area contributed by atoms with Gasteiger partial charge in [-0.05, 0) is 54.5 Å². The number of rotatable bonds is 6. The summed E-state index contributed by atoms with van der Waals surface area (Å²) in [6.07, 6.45) is -1.69. The normalized spacial score (nSPS) is 13.7. The van der Waals surface area contributed by atoms with Crippen LogP contribution in [0.25, 0.3) is 5.57 Å². The molecule has 0 fully saturated rings. The number of nitrogens with zero attached hydrogens (tertiary/aromatic N) is 2. The molecule has 2 N–H and O–H groups in total. The first-order chi connectivity index (χ1) is 16.7. The van der Waals surface area contributed by atoms with Gasteiger partial charge in [0, 0.05) is 30.6 Å². The molecule has 0 unspecified atom stereocenters. The van der Waals surface area contributed by atoms with Crippen LogP contribution in [0.15, 0.2) is 71.9 Å². The smallest absolute Gasteiger partial charge is 0.417 e. The number of allylic oxidation sites excluding steroid dienone is 1. The van der Waals surface area contributed by atoms with Crippen LogP contribution in [-0.4, -0.2) is 29.8 Å². The SMILES string of the molecule is C/C(=C\C(=O)Nc1ccc(Cl)c(C(F)(F)F)c1)c1cccc(Oc2ccnc(C3=NCCN3)c2)c1. The first-order valence-electron chi connectivity index (χ1n) is 10.6. The molecule has 6 nitrogen and oxygen atoms in total. The molecule has 0 spiro atoms. The molecule has 0 atom stereocenters. The van der Waals surface area contributed by atoms with Crippen LogP contribution in [-0.2, 0) is 11.0 Å². The van der Waals surface area contributed by atoms with Crippen molar-refractivity contribution in [2.45, 2.75) is 13.1 Å². The van der Waals surface area contributed by atoms with E-state index in [0.29, 0.717) is 34.9 Å². The molecule has 2 aromatic carbocycles. The van der Waals surface area contributed by atoms with E-state index in [1.807, 2.05) is 0 Å². The minimum absolute atomic E-state index is 0.0114. The molecule has 0 radical (unpaired) electrons. The van der Waals surface area contributed by atoms with Gasteiger partial charge < -0.3 is 15.4 Å². The minimum atomic E-state index is -4.62. The number of ether oxygens (including phenoxy) is 1. The minimum Gasteiger partial charge on any atom is -0.457 e. The Bertz CT molecular complexity index is 1320. The van der Waals surface area contributed by atoms with Crippen LogP contribution in [0.3, 0.4) is 0 Å². The molecule has 10 heteroatoms. The first-order valence-corrected chi connectivity index (χ1v) is 11.0. The fourth-order valence-corrected chi connectivity index (χ4v) is 3.62. The lowest BCUT2D eigenvalue weighted by Gasteiger charge is -2.11. The Labute approximate surface area is 204 Å². The molecule has 1 aliphatic rings. The number of alkyl halides is 3. The number of benzene rings is 2. The second-order valence-electron chi connectivity index (χ2n) is 7.67. The largest absolute Gasteiger partial charge is 0.457 e. The molecule has 3 aromatic rings. The van der Waals surface area contributed by atoms with Crippen LogP contribution in [0, 0.1) is 0 Å². The highest BCUT2D eigenvalue weighted by atomic mass is 35.5. The van der Waals surface area contributed by atoms with Crippen molar-refractivity contribution in [2.24, 2.45) is 4.99 Å². The van der Waals surface area contributed by atoms with Crippen molar-refractivity contribution in [3.05, 3.63) is 88.7 Å². The topological polar surface area (TPSA) is 75.6 Å². The van der Waals surface area contributed by atoms with Crippen LogP contribution in [0.4, 0.5) is 18.9 Å². The molecule has 0 saturated heterocycles. The zero-order valence-corrected chi connectivity index (χ0v) is 19.2. The van der Waals surface area contributed by atoms with Crippen LogP contribution < -0.4 is 15.4 Å². The lowest BCUT2D eigenvalue weighted by molar-refractivity contribution is -0.137. The summed E-state index contributed by atoms with van der Waals surface area (Å²) in [5, 5.41) is 5.16. The van der Waals surface area contributed by atoms with Gasteiger partial charge in [0.05, 0.1) is 17.1 Å². The zero-order chi connectivity index (χ0) is 25.0. The number of aliphatic imine (C=N–C) groups is 1. The lowest BCUT2D eigenvalue weighted by Crippen LogP contribution is -2.20. The summed E-state index contributed by atoms with van der Waals surface area (Å²) in [6.45, 7) is 3.19. The number of halogens is 4. The standard InChI is InChI=1S/C25H20ClF3N4O2/c1-15(11-23(34)33-17-5-6-21(26)20(13-17)25(27,28)29)16-3-2-4-18(12-16)35-19-7-8-30-22(14-19)24-31-9-10-32-24/h2-8,11-14H,9-10H2,1H3,(H,31,32)(H,33,34)/b15-11+. The summed E-state index contributed by atoms with van der Waals surface area (Å²) in [6, 6.07) is 13.8. The lowest BCUT2D eigenvalue weighted by atomic mass is 10.1. The molecule has 1 amide bonds. The van der Waals surface area contributed by atoms with Crippen molar-refractivity contribution in [1.29, 1.82) is 0 Å². The van der Waals surface area contributed by atoms with E-state index in [2.05, 4.69) is 20.6 Å². The van der Waals surface area contributed by atoms with Gasteiger partial charge in [0.2, 0.25) is 5.91 Å². The van der Waals surface area contributed by atoms with E-state index in [4.69, 9.17) is 16.3 Å². The van der Waals surface area contributed by atoms with Crippen molar-refractivity contribution in [3.63, 3.8) is 0 Å². The van der Waals surface area contributed by atoms with E-state index in [9.17, 15) is 18.0 Å². The molecule has 180 valence electrons. The summed E-state index contributed by atoms with van der Waals surface area (Å²) in [5.74, 6) is 1.26. The van der Waals surface area contributed by atoms with Gasteiger partial charge in [0.1, 0.15) is 23.0 Å². The van der Waals surface area contributed by atoms with Gasteiger partial charge in [0.15, 0.2) is 0 Å². The molecular formula is C25H20ClF3N4O2. The average molecular weight is 501 g/mol. The molecule has 35 heavy (non-hydrogen) atoms.